The van der Waals surface area contributed by atoms with Crippen molar-refractivity contribution in [1.82, 2.24) is 4.90 Å². The number of anilines is 1. The molecule has 0 saturated heterocycles. The Hall–Kier alpha value is -2.05. The third-order valence-electron chi connectivity index (χ3n) is 3.92. The van der Waals surface area contributed by atoms with E-state index in [-0.39, 0.29) is 5.91 Å². The van der Waals surface area contributed by atoms with Crippen LogP contribution >= 0.6 is 24.0 Å². The molecular weight excluding hydrogens is 364 g/mol. The van der Waals surface area contributed by atoms with E-state index in [9.17, 15) is 4.79 Å². The zero-order chi connectivity index (χ0) is 18.9. The second-order valence-corrected chi connectivity index (χ2v) is 7.31. The SMILES string of the molecule is CCN(CC)C(=S)SC(C(=O)Nc1cccc(OC)c1)c1ccccc1. The molecule has 0 aliphatic heterocycles. The number of ether oxygens (including phenoxy) is 1. The summed E-state index contributed by atoms with van der Waals surface area (Å²) in [5.74, 6) is 0.592. The second kappa shape index (κ2) is 10.2. The van der Waals surface area contributed by atoms with Crippen molar-refractivity contribution in [3.63, 3.8) is 0 Å². The van der Waals surface area contributed by atoms with Crippen LogP contribution in [0.4, 0.5) is 5.69 Å². The number of methoxy groups -OCH3 is 1. The molecule has 2 aromatic carbocycles. The van der Waals surface area contributed by atoms with Crippen LogP contribution in [-0.4, -0.2) is 35.3 Å². The zero-order valence-corrected chi connectivity index (χ0v) is 16.9. The standard InChI is InChI=1S/C20H24N2O2S2/c1-4-22(5-2)20(25)26-18(15-10-7-6-8-11-15)19(23)21-16-12-9-13-17(14-16)24-3/h6-14,18H,4-5H2,1-3H3,(H,21,23). The Morgan fingerprint density at radius 1 is 1.15 bits per heavy atom. The van der Waals surface area contributed by atoms with Crippen molar-refractivity contribution in [1.29, 1.82) is 0 Å². The maximum Gasteiger partial charge on any atom is 0.242 e. The van der Waals surface area contributed by atoms with Crippen molar-refractivity contribution >= 4 is 39.9 Å². The monoisotopic (exact) mass is 388 g/mol. The third-order valence-corrected chi connectivity index (χ3v) is 5.65. The van der Waals surface area contributed by atoms with Gasteiger partial charge in [0, 0.05) is 24.8 Å². The first kappa shape index (κ1) is 20.3. The summed E-state index contributed by atoms with van der Waals surface area (Å²) in [6, 6.07) is 17.0. The molecule has 138 valence electrons. The van der Waals surface area contributed by atoms with Crippen LogP contribution in [0.15, 0.2) is 54.6 Å². The fraction of sp³-hybridized carbons (Fsp3) is 0.300. The van der Waals surface area contributed by atoms with Gasteiger partial charge >= 0.3 is 0 Å². The van der Waals surface area contributed by atoms with Gasteiger partial charge in [0.05, 0.1) is 7.11 Å². The number of rotatable bonds is 7. The number of benzene rings is 2. The topological polar surface area (TPSA) is 41.6 Å². The summed E-state index contributed by atoms with van der Waals surface area (Å²) in [6.45, 7) is 5.76. The average Bonchev–Trinajstić information content (AvgIpc) is 2.67. The Morgan fingerprint density at radius 2 is 1.85 bits per heavy atom. The van der Waals surface area contributed by atoms with Gasteiger partial charge in [-0.2, -0.15) is 0 Å². The first-order chi connectivity index (χ1) is 12.6. The summed E-state index contributed by atoms with van der Waals surface area (Å²) in [5, 5.41) is 2.56. The summed E-state index contributed by atoms with van der Waals surface area (Å²) in [7, 11) is 1.60. The minimum atomic E-state index is -0.421. The van der Waals surface area contributed by atoms with E-state index < -0.39 is 5.25 Å². The van der Waals surface area contributed by atoms with E-state index in [1.54, 1.807) is 13.2 Å². The molecule has 0 aliphatic rings. The van der Waals surface area contributed by atoms with Gasteiger partial charge in [0.2, 0.25) is 5.91 Å². The molecule has 2 aromatic rings. The van der Waals surface area contributed by atoms with Crippen LogP contribution in [0.1, 0.15) is 24.7 Å². The molecule has 6 heteroatoms. The summed E-state index contributed by atoms with van der Waals surface area (Å²) in [4.78, 5) is 15.1. The minimum absolute atomic E-state index is 0.107. The van der Waals surface area contributed by atoms with E-state index in [1.165, 1.54) is 11.8 Å². The summed E-state index contributed by atoms with van der Waals surface area (Å²) >= 11 is 6.97. The molecule has 0 radical (unpaired) electrons. The highest BCUT2D eigenvalue weighted by molar-refractivity contribution is 8.23. The van der Waals surface area contributed by atoms with Gasteiger partial charge in [-0.15, -0.1) is 0 Å². The number of carbonyl (C=O) groups excluding carboxylic acids is 1. The molecule has 0 saturated carbocycles. The lowest BCUT2D eigenvalue weighted by Gasteiger charge is -2.24. The van der Waals surface area contributed by atoms with Gasteiger partial charge in [-0.25, -0.2) is 0 Å². The molecule has 0 fully saturated rings. The number of carbonyl (C=O) groups is 1. The Labute approximate surface area is 164 Å². The van der Waals surface area contributed by atoms with E-state index in [0.717, 1.165) is 23.0 Å². The van der Waals surface area contributed by atoms with Crippen LogP contribution in [0.3, 0.4) is 0 Å². The molecule has 0 heterocycles. The van der Waals surface area contributed by atoms with E-state index in [2.05, 4.69) is 24.1 Å². The largest absolute Gasteiger partial charge is 0.497 e. The second-order valence-electron chi connectivity index (χ2n) is 5.57. The zero-order valence-electron chi connectivity index (χ0n) is 15.3. The van der Waals surface area contributed by atoms with Crippen molar-refractivity contribution in [2.75, 3.05) is 25.5 Å². The van der Waals surface area contributed by atoms with Crippen LogP contribution in [0.25, 0.3) is 0 Å². The summed E-state index contributed by atoms with van der Waals surface area (Å²) in [6.07, 6.45) is 0. The molecule has 1 atom stereocenters. The molecule has 26 heavy (non-hydrogen) atoms. The van der Waals surface area contributed by atoms with E-state index in [0.29, 0.717) is 11.4 Å². The van der Waals surface area contributed by atoms with Gasteiger partial charge in [0.15, 0.2) is 0 Å². The number of nitrogens with zero attached hydrogens (tertiary/aromatic N) is 1. The van der Waals surface area contributed by atoms with Crippen LogP contribution in [0.2, 0.25) is 0 Å². The highest BCUT2D eigenvalue weighted by Gasteiger charge is 2.24. The van der Waals surface area contributed by atoms with E-state index in [4.69, 9.17) is 17.0 Å². The third kappa shape index (κ3) is 5.47. The first-order valence-electron chi connectivity index (χ1n) is 8.54. The van der Waals surface area contributed by atoms with Gasteiger partial charge in [-0.1, -0.05) is 60.4 Å². The van der Waals surface area contributed by atoms with Crippen molar-refractivity contribution in [2.45, 2.75) is 19.1 Å². The maximum absolute atomic E-state index is 13.0. The molecule has 4 nitrogen and oxygen atoms in total. The Bertz CT molecular complexity index is 734. The lowest BCUT2D eigenvalue weighted by molar-refractivity contribution is -0.115. The normalized spacial score (nSPS) is 11.5. The number of hydrogen-bond donors (Lipinski definition) is 1. The Morgan fingerprint density at radius 3 is 2.46 bits per heavy atom. The molecule has 0 spiro atoms. The van der Waals surface area contributed by atoms with Crippen molar-refractivity contribution in [2.24, 2.45) is 0 Å². The van der Waals surface area contributed by atoms with E-state index in [1.807, 2.05) is 48.5 Å². The molecule has 1 N–H and O–H groups in total. The Kier molecular flexibility index (Phi) is 7.94. The predicted molar refractivity (Wildman–Crippen MR) is 114 cm³/mol. The van der Waals surface area contributed by atoms with Gasteiger partial charge in [0.1, 0.15) is 15.3 Å². The quantitative estimate of drug-likeness (QED) is 0.694. The van der Waals surface area contributed by atoms with Gasteiger partial charge < -0.3 is 15.0 Å². The molecule has 0 bridgehead atoms. The minimum Gasteiger partial charge on any atom is -0.497 e. The fourth-order valence-corrected chi connectivity index (χ4v) is 4.08. The summed E-state index contributed by atoms with van der Waals surface area (Å²) < 4.78 is 5.95. The van der Waals surface area contributed by atoms with Crippen molar-refractivity contribution in [3.05, 3.63) is 60.2 Å². The van der Waals surface area contributed by atoms with Crippen LogP contribution in [0.5, 0.6) is 5.75 Å². The number of nitrogens with one attached hydrogen (secondary N) is 1. The van der Waals surface area contributed by atoms with Crippen LogP contribution in [-0.2, 0) is 4.79 Å². The van der Waals surface area contributed by atoms with Crippen LogP contribution < -0.4 is 10.1 Å². The van der Waals surface area contributed by atoms with Gasteiger partial charge in [0.25, 0.3) is 0 Å². The van der Waals surface area contributed by atoms with Crippen molar-refractivity contribution < 1.29 is 9.53 Å². The van der Waals surface area contributed by atoms with E-state index >= 15 is 0 Å². The highest BCUT2D eigenvalue weighted by Crippen LogP contribution is 2.32. The molecule has 0 aromatic heterocycles. The molecule has 0 aliphatic carbocycles. The number of thioether (sulfide) groups is 1. The smallest absolute Gasteiger partial charge is 0.242 e. The lowest BCUT2D eigenvalue weighted by Crippen LogP contribution is -2.29. The Balaban J connectivity index is 2.22. The number of amides is 1. The fourth-order valence-electron chi connectivity index (χ4n) is 2.47. The predicted octanol–water partition coefficient (Wildman–Crippen LogP) is 4.73. The number of thiocarbonyl (C=S) groups is 1. The maximum atomic E-state index is 13.0. The molecular formula is C20H24N2O2S2. The van der Waals surface area contributed by atoms with Gasteiger partial charge in [-0.3, -0.25) is 4.79 Å². The molecule has 1 amide bonds. The molecule has 2 rings (SSSR count). The van der Waals surface area contributed by atoms with Gasteiger partial charge in [-0.05, 0) is 31.5 Å². The molecule has 1 unspecified atom stereocenters. The first-order valence-corrected chi connectivity index (χ1v) is 9.83. The van der Waals surface area contributed by atoms with Crippen molar-refractivity contribution in [3.8, 4) is 5.75 Å². The van der Waals surface area contributed by atoms with Crippen LogP contribution in [0, 0.1) is 0 Å². The lowest BCUT2D eigenvalue weighted by atomic mass is 10.1. The number of hydrogen-bond acceptors (Lipinski definition) is 4. The summed E-state index contributed by atoms with van der Waals surface area (Å²) in [5.41, 5.74) is 1.62. The highest BCUT2D eigenvalue weighted by atomic mass is 32.2. The average molecular weight is 389 g/mol.